The average Bonchev–Trinajstić information content (AvgIpc) is 2.72. The molecule has 0 heterocycles. The van der Waals surface area contributed by atoms with Crippen LogP contribution in [-0.4, -0.2) is 11.2 Å². The molecule has 0 radical (unpaired) electrons. The lowest BCUT2D eigenvalue weighted by molar-refractivity contribution is 0.0554. The number of unbranched alkanes of at least 4 members (excludes halogenated alkanes) is 4. The Bertz CT molecular complexity index is 258. The molecule has 3 atom stereocenters. The molecule has 1 N–H and O–H groups in total. The molecule has 98 valence electrons. The van der Waals surface area contributed by atoms with E-state index in [1.54, 1.807) is 0 Å². The van der Waals surface area contributed by atoms with Gasteiger partial charge in [-0.05, 0) is 31.6 Å². The van der Waals surface area contributed by atoms with E-state index < -0.39 is 11.5 Å². The van der Waals surface area contributed by atoms with E-state index in [0.29, 0.717) is 5.92 Å². The highest BCUT2D eigenvalue weighted by atomic mass is 16.3. The van der Waals surface area contributed by atoms with Crippen LogP contribution >= 0.6 is 0 Å². The van der Waals surface area contributed by atoms with Crippen LogP contribution in [0.25, 0.3) is 0 Å². The molecule has 1 aliphatic carbocycles. The summed E-state index contributed by atoms with van der Waals surface area (Å²) >= 11 is 0. The zero-order valence-corrected chi connectivity index (χ0v) is 11.4. The van der Waals surface area contributed by atoms with Crippen molar-refractivity contribution in [1.29, 1.82) is 5.26 Å². The van der Waals surface area contributed by atoms with Gasteiger partial charge in [-0.3, -0.25) is 0 Å². The summed E-state index contributed by atoms with van der Waals surface area (Å²) in [6, 6.07) is 2.41. The molecule has 0 amide bonds. The second-order valence-corrected chi connectivity index (χ2v) is 5.83. The molecule has 3 unspecified atom stereocenters. The lowest BCUT2D eigenvalue weighted by Gasteiger charge is -2.27. The van der Waals surface area contributed by atoms with E-state index in [1.807, 2.05) is 0 Å². The van der Waals surface area contributed by atoms with E-state index in [-0.39, 0.29) is 0 Å². The molecule has 0 aromatic carbocycles. The van der Waals surface area contributed by atoms with Crippen LogP contribution in [0.4, 0.5) is 0 Å². The van der Waals surface area contributed by atoms with E-state index in [4.69, 9.17) is 0 Å². The molecular formula is C15H27NO. The van der Waals surface area contributed by atoms with Crippen molar-refractivity contribution < 1.29 is 5.11 Å². The predicted molar refractivity (Wildman–Crippen MR) is 70.4 cm³/mol. The average molecular weight is 237 g/mol. The van der Waals surface area contributed by atoms with Crippen molar-refractivity contribution in [3.05, 3.63) is 0 Å². The second-order valence-electron chi connectivity index (χ2n) is 5.83. The smallest absolute Gasteiger partial charge is 0.0834 e. The van der Waals surface area contributed by atoms with Gasteiger partial charge in [-0.15, -0.1) is 0 Å². The van der Waals surface area contributed by atoms with Gasteiger partial charge in [0, 0.05) is 0 Å². The first-order valence-electron chi connectivity index (χ1n) is 7.24. The zero-order chi connectivity index (χ0) is 12.7. The fraction of sp³-hybridized carbons (Fsp3) is 0.933. The maximum atomic E-state index is 10.3. The molecule has 17 heavy (non-hydrogen) atoms. The van der Waals surface area contributed by atoms with E-state index in [9.17, 15) is 10.4 Å². The minimum atomic E-state index is -0.426. The van der Waals surface area contributed by atoms with Gasteiger partial charge >= 0.3 is 0 Å². The van der Waals surface area contributed by atoms with Gasteiger partial charge in [-0.25, -0.2) is 0 Å². The molecule has 0 aromatic heterocycles. The highest BCUT2D eigenvalue weighted by Crippen LogP contribution is 2.44. The number of aliphatic hydroxyl groups is 1. The van der Waals surface area contributed by atoms with Crippen LogP contribution in [0.5, 0.6) is 0 Å². The SMILES string of the molecule is CCCCCCCC(O)C1(C#N)CCC(C)C1. The van der Waals surface area contributed by atoms with E-state index in [1.165, 1.54) is 25.7 Å². The lowest BCUT2D eigenvalue weighted by atomic mass is 9.79. The standard InChI is InChI=1S/C15H27NO/c1-3-4-5-6-7-8-14(17)15(12-16)10-9-13(2)11-15/h13-14,17H,3-11H2,1-2H3. The summed E-state index contributed by atoms with van der Waals surface area (Å²) in [5, 5.41) is 19.6. The van der Waals surface area contributed by atoms with Crippen molar-refractivity contribution in [2.45, 2.75) is 77.7 Å². The number of aliphatic hydroxyl groups excluding tert-OH is 1. The summed E-state index contributed by atoms with van der Waals surface area (Å²) < 4.78 is 0. The molecule has 0 spiro atoms. The van der Waals surface area contributed by atoms with Crippen molar-refractivity contribution in [3.63, 3.8) is 0 Å². The summed E-state index contributed by atoms with van der Waals surface area (Å²) in [7, 11) is 0. The van der Waals surface area contributed by atoms with Crippen molar-refractivity contribution >= 4 is 0 Å². The molecule has 1 rings (SSSR count). The molecule has 0 aliphatic heterocycles. The van der Waals surface area contributed by atoms with Crippen LogP contribution < -0.4 is 0 Å². The van der Waals surface area contributed by atoms with Crippen molar-refractivity contribution in [2.75, 3.05) is 0 Å². The first kappa shape index (κ1) is 14.5. The maximum Gasteiger partial charge on any atom is 0.0834 e. The van der Waals surface area contributed by atoms with Gasteiger partial charge in [-0.1, -0.05) is 46.0 Å². The normalized spacial score (nSPS) is 30.1. The van der Waals surface area contributed by atoms with Crippen molar-refractivity contribution in [3.8, 4) is 6.07 Å². The Kier molecular flexibility index (Phi) is 5.98. The fourth-order valence-corrected chi connectivity index (χ4v) is 3.03. The summed E-state index contributed by atoms with van der Waals surface area (Å²) in [4.78, 5) is 0. The van der Waals surface area contributed by atoms with Gasteiger partial charge in [0.15, 0.2) is 0 Å². The Morgan fingerprint density at radius 2 is 2.06 bits per heavy atom. The minimum Gasteiger partial charge on any atom is -0.391 e. The highest BCUT2D eigenvalue weighted by molar-refractivity contribution is 5.07. The molecule has 1 fully saturated rings. The Balaban J connectivity index is 2.30. The van der Waals surface area contributed by atoms with Crippen LogP contribution in [0.2, 0.25) is 0 Å². The van der Waals surface area contributed by atoms with Crippen LogP contribution in [-0.2, 0) is 0 Å². The van der Waals surface area contributed by atoms with Gasteiger partial charge in [-0.2, -0.15) is 5.26 Å². The molecule has 0 saturated heterocycles. The van der Waals surface area contributed by atoms with Gasteiger partial charge in [0.05, 0.1) is 17.6 Å². The Labute approximate surface area is 106 Å². The molecule has 0 aromatic rings. The monoisotopic (exact) mass is 237 g/mol. The molecule has 1 saturated carbocycles. The number of nitriles is 1. The highest BCUT2D eigenvalue weighted by Gasteiger charge is 2.43. The van der Waals surface area contributed by atoms with E-state index in [2.05, 4.69) is 19.9 Å². The maximum absolute atomic E-state index is 10.3. The van der Waals surface area contributed by atoms with Gasteiger partial charge in [0.25, 0.3) is 0 Å². The lowest BCUT2D eigenvalue weighted by Crippen LogP contribution is -2.31. The second kappa shape index (κ2) is 7.01. The Hall–Kier alpha value is -0.550. The quantitative estimate of drug-likeness (QED) is 0.679. The Morgan fingerprint density at radius 1 is 1.35 bits per heavy atom. The number of rotatable bonds is 7. The van der Waals surface area contributed by atoms with Crippen molar-refractivity contribution in [2.24, 2.45) is 11.3 Å². The summed E-state index contributed by atoms with van der Waals surface area (Å²) in [6.07, 6.45) is 9.35. The number of nitrogens with zero attached hydrogens (tertiary/aromatic N) is 1. The predicted octanol–water partition coefficient (Wildman–Crippen LogP) is 4.04. The molecule has 0 bridgehead atoms. The van der Waals surface area contributed by atoms with Crippen LogP contribution in [0.1, 0.15) is 71.6 Å². The summed E-state index contributed by atoms with van der Waals surface area (Å²) in [5.41, 5.74) is -0.426. The van der Waals surface area contributed by atoms with Crippen LogP contribution in [0, 0.1) is 22.7 Å². The van der Waals surface area contributed by atoms with E-state index >= 15 is 0 Å². The van der Waals surface area contributed by atoms with Gasteiger partial charge < -0.3 is 5.11 Å². The van der Waals surface area contributed by atoms with E-state index in [0.717, 1.165) is 32.1 Å². The van der Waals surface area contributed by atoms with Crippen LogP contribution in [0.3, 0.4) is 0 Å². The third-order valence-electron chi connectivity index (χ3n) is 4.24. The van der Waals surface area contributed by atoms with Crippen LogP contribution in [0.15, 0.2) is 0 Å². The fourth-order valence-electron chi connectivity index (χ4n) is 3.03. The first-order chi connectivity index (χ1) is 8.14. The van der Waals surface area contributed by atoms with Crippen molar-refractivity contribution in [1.82, 2.24) is 0 Å². The number of hydrogen-bond acceptors (Lipinski definition) is 2. The molecular weight excluding hydrogens is 210 g/mol. The summed E-state index contributed by atoms with van der Waals surface area (Å²) in [5.74, 6) is 0.601. The third-order valence-corrected chi connectivity index (χ3v) is 4.24. The van der Waals surface area contributed by atoms with Gasteiger partial charge in [0.1, 0.15) is 0 Å². The van der Waals surface area contributed by atoms with Gasteiger partial charge in [0.2, 0.25) is 0 Å². The number of hydrogen-bond donors (Lipinski definition) is 1. The zero-order valence-electron chi connectivity index (χ0n) is 11.4. The largest absolute Gasteiger partial charge is 0.391 e. The summed E-state index contributed by atoms with van der Waals surface area (Å²) in [6.45, 7) is 4.40. The third kappa shape index (κ3) is 4.00. The molecule has 2 heteroatoms. The molecule has 2 nitrogen and oxygen atoms in total. The first-order valence-corrected chi connectivity index (χ1v) is 7.24. The molecule has 1 aliphatic rings. The minimum absolute atomic E-state index is 0.404. The Morgan fingerprint density at radius 3 is 2.59 bits per heavy atom. The topological polar surface area (TPSA) is 44.0 Å².